The Balaban J connectivity index is 1.75. The van der Waals surface area contributed by atoms with Crippen LogP contribution in [0.2, 0.25) is 5.02 Å². The molecule has 0 unspecified atom stereocenters. The van der Waals surface area contributed by atoms with Gasteiger partial charge in [0, 0.05) is 16.0 Å². The van der Waals surface area contributed by atoms with E-state index in [2.05, 4.69) is 4.98 Å². The van der Waals surface area contributed by atoms with Crippen LogP contribution in [-0.2, 0) is 6.61 Å². The smallest absolute Gasteiger partial charge is 0.133 e. The summed E-state index contributed by atoms with van der Waals surface area (Å²) in [6.07, 6.45) is 2.01. The fourth-order valence-electron chi connectivity index (χ4n) is 1.99. The first-order valence-electron chi connectivity index (χ1n) is 6.92. The number of benzene rings is 1. The number of amidine groups is 1. The van der Waals surface area contributed by atoms with Crippen molar-refractivity contribution in [3.05, 3.63) is 51.3 Å². The minimum atomic E-state index is 0.0874. The number of nitrogen functional groups attached to an aromatic ring is 1. The van der Waals surface area contributed by atoms with Gasteiger partial charge in [-0.1, -0.05) is 11.6 Å². The predicted molar refractivity (Wildman–Crippen MR) is 104 cm³/mol. The molecule has 0 fully saturated rings. The molecule has 3 aromatic rings. The van der Waals surface area contributed by atoms with Crippen LogP contribution in [0, 0.1) is 5.41 Å². The SMILES string of the molecule is CSc1sc(C(=N)N)cc1-c1nc(COc2ccc(Cl)cc2)cs1. The highest BCUT2D eigenvalue weighted by molar-refractivity contribution is 8.00. The van der Waals surface area contributed by atoms with Gasteiger partial charge < -0.3 is 10.5 Å². The molecule has 24 heavy (non-hydrogen) atoms. The largest absolute Gasteiger partial charge is 0.487 e. The highest BCUT2D eigenvalue weighted by Gasteiger charge is 2.15. The van der Waals surface area contributed by atoms with Crippen LogP contribution >= 0.6 is 46.0 Å². The summed E-state index contributed by atoms with van der Waals surface area (Å²) in [5.41, 5.74) is 7.49. The Morgan fingerprint density at radius 1 is 1.38 bits per heavy atom. The highest BCUT2D eigenvalue weighted by Crippen LogP contribution is 2.39. The molecule has 0 atom stereocenters. The maximum Gasteiger partial charge on any atom is 0.133 e. The fourth-order valence-corrected chi connectivity index (χ4v) is 4.80. The molecule has 0 saturated carbocycles. The lowest BCUT2D eigenvalue weighted by Crippen LogP contribution is -2.08. The average molecular weight is 396 g/mol. The van der Waals surface area contributed by atoms with E-state index >= 15 is 0 Å². The van der Waals surface area contributed by atoms with Gasteiger partial charge in [0.15, 0.2) is 0 Å². The second-order valence-electron chi connectivity index (χ2n) is 4.82. The van der Waals surface area contributed by atoms with Crippen LogP contribution in [0.5, 0.6) is 5.75 Å². The summed E-state index contributed by atoms with van der Waals surface area (Å²) >= 11 is 10.6. The number of thioether (sulfide) groups is 1. The molecule has 2 aromatic heterocycles. The standard InChI is InChI=1S/C16H14ClN3OS3/c1-22-16-12(6-13(24-16)14(18)19)15-20-10(8-23-15)7-21-11-4-2-9(17)3-5-11/h2-6,8H,7H2,1H3,(H3,18,19). The van der Waals surface area contributed by atoms with Gasteiger partial charge in [-0.05, 0) is 36.6 Å². The van der Waals surface area contributed by atoms with E-state index in [1.165, 1.54) is 11.3 Å². The molecule has 0 spiro atoms. The van der Waals surface area contributed by atoms with Crippen molar-refractivity contribution in [1.29, 1.82) is 5.41 Å². The van der Waals surface area contributed by atoms with Crippen LogP contribution in [0.15, 0.2) is 39.9 Å². The topological polar surface area (TPSA) is 72.0 Å². The van der Waals surface area contributed by atoms with Crippen LogP contribution in [-0.4, -0.2) is 17.1 Å². The van der Waals surface area contributed by atoms with Crippen molar-refractivity contribution in [2.45, 2.75) is 10.8 Å². The van der Waals surface area contributed by atoms with Crippen molar-refractivity contribution >= 4 is 51.9 Å². The molecule has 0 saturated heterocycles. The number of nitrogens with two attached hydrogens (primary N) is 1. The van der Waals surface area contributed by atoms with Crippen molar-refractivity contribution in [3.8, 4) is 16.3 Å². The van der Waals surface area contributed by atoms with Crippen molar-refractivity contribution < 1.29 is 4.74 Å². The van der Waals surface area contributed by atoms with E-state index in [0.29, 0.717) is 11.6 Å². The van der Waals surface area contributed by atoms with E-state index in [1.807, 2.05) is 29.8 Å². The van der Waals surface area contributed by atoms with Crippen LogP contribution < -0.4 is 10.5 Å². The number of thiazole rings is 1. The fraction of sp³-hybridized carbons (Fsp3) is 0.125. The molecule has 0 aliphatic carbocycles. The third-order valence-electron chi connectivity index (χ3n) is 3.13. The van der Waals surface area contributed by atoms with Crippen LogP contribution in [0.3, 0.4) is 0 Å². The van der Waals surface area contributed by atoms with Crippen molar-refractivity contribution in [2.75, 3.05) is 6.26 Å². The molecule has 124 valence electrons. The molecule has 0 amide bonds. The molecule has 1 aromatic carbocycles. The van der Waals surface area contributed by atoms with Gasteiger partial charge in [-0.15, -0.1) is 34.4 Å². The van der Waals surface area contributed by atoms with Crippen molar-refractivity contribution in [1.82, 2.24) is 4.98 Å². The molecule has 0 radical (unpaired) electrons. The average Bonchev–Trinajstić information content (AvgIpc) is 3.20. The molecule has 0 aliphatic rings. The zero-order valence-electron chi connectivity index (χ0n) is 12.7. The number of nitrogens with one attached hydrogen (secondary N) is 1. The number of ether oxygens (including phenoxy) is 1. The molecule has 0 aliphatic heterocycles. The Kier molecular flexibility index (Phi) is 5.45. The maximum atomic E-state index is 7.60. The van der Waals surface area contributed by atoms with Gasteiger partial charge in [-0.3, -0.25) is 5.41 Å². The van der Waals surface area contributed by atoms with Gasteiger partial charge in [0.25, 0.3) is 0 Å². The van der Waals surface area contributed by atoms with E-state index in [9.17, 15) is 0 Å². The van der Waals surface area contributed by atoms with Gasteiger partial charge >= 0.3 is 0 Å². The number of thiophene rings is 1. The van der Waals surface area contributed by atoms with Crippen LogP contribution in [0.1, 0.15) is 10.6 Å². The number of halogens is 1. The lowest BCUT2D eigenvalue weighted by Gasteiger charge is -2.03. The summed E-state index contributed by atoms with van der Waals surface area (Å²) in [7, 11) is 0. The summed E-state index contributed by atoms with van der Waals surface area (Å²) in [5.74, 6) is 0.845. The number of rotatable bonds is 6. The zero-order valence-corrected chi connectivity index (χ0v) is 15.9. The Morgan fingerprint density at radius 2 is 2.12 bits per heavy atom. The van der Waals surface area contributed by atoms with E-state index in [4.69, 9.17) is 27.5 Å². The summed E-state index contributed by atoms with van der Waals surface area (Å²) in [6.45, 7) is 0.399. The van der Waals surface area contributed by atoms with Gasteiger partial charge in [0.05, 0.1) is 14.8 Å². The molecule has 3 N–H and O–H groups in total. The summed E-state index contributed by atoms with van der Waals surface area (Å²) in [6, 6.07) is 9.19. The number of hydrogen-bond donors (Lipinski definition) is 2. The molecular weight excluding hydrogens is 382 g/mol. The molecule has 0 bridgehead atoms. The second kappa shape index (κ2) is 7.57. The highest BCUT2D eigenvalue weighted by atomic mass is 35.5. The van der Waals surface area contributed by atoms with E-state index in [-0.39, 0.29) is 5.84 Å². The molecule has 8 heteroatoms. The van der Waals surface area contributed by atoms with Gasteiger partial charge in [0.1, 0.15) is 23.2 Å². The Morgan fingerprint density at radius 3 is 2.79 bits per heavy atom. The molecule has 2 heterocycles. The van der Waals surface area contributed by atoms with Crippen molar-refractivity contribution in [2.24, 2.45) is 5.73 Å². The Hall–Kier alpha value is -1.54. The van der Waals surface area contributed by atoms with E-state index in [0.717, 1.165) is 31.1 Å². The molecule has 3 rings (SSSR count). The first-order chi connectivity index (χ1) is 11.6. The Labute approximate surface area is 157 Å². The summed E-state index contributed by atoms with van der Waals surface area (Å²) in [5, 5.41) is 11.2. The monoisotopic (exact) mass is 395 g/mol. The molecule has 4 nitrogen and oxygen atoms in total. The lowest BCUT2D eigenvalue weighted by atomic mass is 10.3. The van der Waals surface area contributed by atoms with Gasteiger partial charge in [-0.25, -0.2) is 4.98 Å². The molecular formula is C16H14ClN3OS3. The first-order valence-corrected chi connectivity index (χ1v) is 10.2. The maximum absolute atomic E-state index is 7.60. The number of aromatic nitrogens is 1. The van der Waals surface area contributed by atoms with Gasteiger partial charge in [-0.2, -0.15) is 0 Å². The second-order valence-corrected chi connectivity index (χ2v) is 8.24. The minimum absolute atomic E-state index is 0.0874. The third kappa shape index (κ3) is 3.92. The first kappa shape index (κ1) is 17.3. The Bertz CT molecular complexity index is 858. The minimum Gasteiger partial charge on any atom is -0.487 e. The van der Waals surface area contributed by atoms with Crippen LogP contribution in [0.4, 0.5) is 0 Å². The normalized spacial score (nSPS) is 10.8. The van der Waals surface area contributed by atoms with Crippen LogP contribution in [0.25, 0.3) is 10.6 Å². The summed E-state index contributed by atoms with van der Waals surface area (Å²) in [4.78, 5) is 5.41. The predicted octanol–water partition coefficient (Wildman–Crippen LogP) is 5.11. The quantitative estimate of drug-likeness (QED) is 0.345. The van der Waals surface area contributed by atoms with Gasteiger partial charge in [0.2, 0.25) is 0 Å². The van der Waals surface area contributed by atoms with E-state index in [1.54, 1.807) is 35.2 Å². The van der Waals surface area contributed by atoms with E-state index < -0.39 is 0 Å². The summed E-state index contributed by atoms with van der Waals surface area (Å²) < 4.78 is 6.84. The zero-order chi connectivity index (χ0) is 17.1. The third-order valence-corrected chi connectivity index (χ3v) is 6.61. The van der Waals surface area contributed by atoms with Crippen molar-refractivity contribution in [3.63, 3.8) is 0 Å². The number of hydrogen-bond acceptors (Lipinski definition) is 6. The lowest BCUT2D eigenvalue weighted by molar-refractivity contribution is 0.302. The number of nitrogens with zero attached hydrogens (tertiary/aromatic N) is 1.